The molecule has 0 fully saturated rings. The first-order chi connectivity index (χ1) is 8.17. The van der Waals surface area contributed by atoms with Gasteiger partial charge in [-0.05, 0) is 37.4 Å². The van der Waals surface area contributed by atoms with Crippen molar-refractivity contribution in [2.24, 2.45) is 0 Å². The molecule has 0 aliphatic rings. The van der Waals surface area contributed by atoms with Crippen LogP contribution in [0.25, 0.3) is 0 Å². The van der Waals surface area contributed by atoms with Crippen molar-refractivity contribution in [3.05, 3.63) is 24.3 Å². The number of likely N-dealkylation sites (N-methyl/N-ethyl adjacent to an activating group) is 1. The van der Waals surface area contributed by atoms with Gasteiger partial charge in [0.1, 0.15) is 0 Å². The van der Waals surface area contributed by atoms with Gasteiger partial charge in [-0.2, -0.15) is 0 Å². The number of benzene rings is 1. The van der Waals surface area contributed by atoms with Gasteiger partial charge < -0.3 is 10.2 Å². The molecule has 0 unspecified atom stereocenters. The van der Waals surface area contributed by atoms with E-state index in [0.717, 1.165) is 31.9 Å². The Morgan fingerprint density at radius 1 is 1.12 bits per heavy atom. The molecule has 1 N–H and O–H groups in total. The first-order valence-electron chi connectivity index (χ1n) is 5.88. The molecule has 1 rings (SSSR count). The van der Waals surface area contributed by atoms with E-state index in [2.05, 4.69) is 24.1 Å². The maximum absolute atomic E-state index is 10.7. The second-order valence-corrected chi connectivity index (χ2v) is 4.79. The van der Waals surface area contributed by atoms with Crippen molar-refractivity contribution in [3.8, 4) is 0 Å². The van der Waals surface area contributed by atoms with Crippen LogP contribution in [-0.2, 0) is 10.7 Å². The number of nitrogens with one attached hydrogen (secondary N) is 1. The molecule has 1 aromatic rings. The highest BCUT2D eigenvalue weighted by atomic mass is 32.2. The van der Waals surface area contributed by atoms with Crippen molar-refractivity contribution in [1.82, 2.24) is 4.90 Å². The summed E-state index contributed by atoms with van der Waals surface area (Å²) < 4.78 is 21.4. The van der Waals surface area contributed by atoms with Gasteiger partial charge >= 0.3 is 0 Å². The van der Waals surface area contributed by atoms with Gasteiger partial charge in [-0.25, -0.2) is 8.42 Å². The molecule has 0 aliphatic heterocycles. The Bertz CT molecular complexity index is 389. The standard InChI is InChI=1S/C12H20N2O2S/c1-3-14(4-2)10-9-13-11-5-7-12(8-6-11)17(15)16/h5-8,13,17H,3-4,9-10H2,1-2H3. The minimum Gasteiger partial charge on any atom is -0.384 e. The van der Waals surface area contributed by atoms with Gasteiger partial charge in [0.05, 0.1) is 4.90 Å². The number of thiol groups is 1. The maximum atomic E-state index is 10.7. The van der Waals surface area contributed by atoms with Crippen LogP contribution < -0.4 is 5.32 Å². The number of rotatable bonds is 7. The third-order valence-electron chi connectivity index (χ3n) is 2.73. The smallest absolute Gasteiger partial charge is 0.168 e. The third-order valence-corrected chi connectivity index (χ3v) is 3.45. The largest absolute Gasteiger partial charge is 0.384 e. The van der Waals surface area contributed by atoms with Crippen molar-refractivity contribution in [3.63, 3.8) is 0 Å². The molecule has 0 atom stereocenters. The SMILES string of the molecule is CCN(CC)CCNc1ccc([SH](=O)=O)cc1. The van der Waals surface area contributed by atoms with Crippen molar-refractivity contribution in [2.45, 2.75) is 18.7 Å². The Hall–Kier alpha value is -1.07. The molecule has 17 heavy (non-hydrogen) atoms. The predicted molar refractivity (Wildman–Crippen MR) is 71.3 cm³/mol. The molecule has 0 aliphatic carbocycles. The van der Waals surface area contributed by atoms with Crippen molar-refractivity contribution in [1.29, 1.82) is 0 Å². The van der Waals surface area contributed by atoms with Crippen LogP contribution in [-0.4, -0.2) is 39.5 Å². The summed E-state index contributed by atoms with van der Waals surface area (Å²) in [7, 11) is -2.47. The van der Waals surface area contributed by atoms with Gasteiger partial charge in [0.25, 0.3) is 0 Å². The normalized spacial score (nSPS) is 11.1. The summed E-state index contributed by atoms with van der Waals surface area (Å²) in [5.41, 5.74) is 0.956. The van der Waals surface area contributed by atoms with E-state index in [0.29, 0.717) is 4.90 Å². The Balaban J connectivity index is 2.42. The second-order valence-electron chi connectivity index (χ2n) is 3.76. The van der Waals surface area contributed by atoms with Crippen LogP contribution in [0.3, 0.4) is 0 Å². The van der Waals surface area contributed by atoms with Gasteiger partial charge in [-0.3, -0.25) is 0 Å². The zero-order valence-corrected chi connectivity index (χ0v) is 11.2. The van der Waals surface area contributed by atoms with E-state index in [4.69, 9.17) is 0 Å². The molecular formula is C12H20N2O2S. The first kappa shape index (κ1) is 14.0. The van der Waals surface area contributed by atoms with E-state index in [-0.39, 0.29) is 0 Å². The lowest BCUT2D eigenvalue weighted by Gasteiger charge is -2.18. The number of hydrogen-bond donors (Lipinski definition) is 2. The van der Waals surface area contributed by atoms with Crippen molar-refractivity contribution in [2.75, 3.05) is 31.5 Å². The minimum absolute atomic E-state index is 0.356. The first-order valence-corrected chi connectivity index (χ1v) is 7.05. The molecule has 0 radical (unpaired) electrons. The zero-order chi connectivity index (χ0) is 12.7. The Kier molecular flexibility index (Phi) is 6.00. The van der Waals surface area contributed by atoms with E-state index in [1.54, 1.807) is 24.3 Å². The van der Waals surface area contributed by atoms with Crippen LogP contribution in [0.1, 0.15) is 13.8 Å². The van der Waals surface area contributed by atoms with Crippen molar-refractivity contribution >= 4 is 16.4 Å². The van der Waals surface area contributed by atoms with Crippen LogP contribution in [0.15, 0.2) is 29.2 Å². The summed E-state index contributed by atoms with van der Waals surface area (Å²) >= 11 is 0. The lowest BCUT2D eigenvalue weighted by molar-refractivity contribution is 0.316. The third kappa shape index (κ3) is 4.75. The van der Waals surface area contributed by atoms with Crippen LogP contribution >= 0.6 is 0 Å². The molecule has 0 heterocycles. The number of nitrogens with zero attached hydrogens (tertiary/aromatic N) is 1. The topological polar surface area (TPSA) is 49.4 Å². The summed E-state index contributed by atoms with van der Waals surface area (Å²) in [6.07, 6.45) is 0. The van der Waals surface area contributed by atoms with Gasteiger partial charge in [0.15, 0.2) is 10.7 Å². The van der Waals surface area contributed by atoms with Gasteiger partial charge in [-0.1, -0.05) is 13.8 Å². The molecule has 0 saturated carbocycles. The summed E-state index contributed by atoms with van der Waals surface area (Å²) in [5, 5.41) is 3.27. The van der Waals surface area contributed by atoms with E-state index < -0.39 is 10.7 Å². The summed E-state index contributed by atoms with van der Waals surface area (Å²) in [4.78, 5) is 2.69. The van der Waals surface area contributed by atoms with E-state index in [9.17, 15) is 8.42 Å². The average molecular weight is 256 g/mol. The Labute approximate surface area is 105 Å². The van der Waals surface area contributed by atoms with Gasteiger partial charge in [-0.15, -0.1) is 0 Å². The summed E-state index contributed by atoms with van der Waals surface area (Å²) in [6, 6.07) is 6.82. The van der Waals surface area contributed by atoms with Crippen LogP contribution in [0.5, 0.6) is 0 Å². The van der Waals surface area contributed by atoms with Gasteiger partial charge in [0, 0.05) is 18.8 Å². The fourth-order valence-corrected chi connectivity index (χ4v) is 1.99. The Morgan fingerprint density at radius 2 is 1.71 bits per heavy atom. The highest BCUT2D eigenvalue weighted by Gasteiger charge is 1.99. The van der Waals surface area contributed by atoms with Crippen LogP contribution in [0, 0.1) is 0 Å². The van der Waals surface area contributed by atoms with Crippen LogP contribution in [0.2, 0.25) is 0 Å². The van der Waals surface area contributed by atoms with Crippen LogP contribution in [0.4, 0.5) is 5.69 Å². The van der Waals surface area contributed by atoms with E-state index >= 15 is 0 Å². The Morgan fingerprint density at radius 3 is 2.18 bits per heavy atom. The molecule has 4 nitrogen and oxygen atoms in total. The van der Waals surface area contributed by atoms with E-state index in [1.165, 1.54) is 0 Å². The van der Waals surface area contributed by atoms with Gasteiger partial charge in [0.2, 0.25) is 0 Å². The second kappa shape index (κ2) is 7.29. The number of anilines is 1. The lowest BCUT2D eigenvalue weighted by atomic mass is 10.3. The highest BCUT2D eigenvalue weighted by molar-refractivity contribution is 7.72. The molecule has 0 spiro atoms. The monoisotopic (exact) mass is 256 g/mol. The van der Waals surface area contributed by atoms with Crippen molar-refractivity contribution < 1.29 is 8.42 Å². The van der Waals surface area contributed by atoms with E-state index in [1.807, 2.05) is 0 Å². The molecule has 0 bridgehead atoms. The fourth-order valence-electron chi connectivity index (χ4n) is 1.60. The molecule has 5 heteroatoms. The fraction of sp³-hybridized carbons (Fsp3) is 0.500. The molecule has 1 aromatic carbocycles. The average Bonchev–Trinajstić information content (AvgIpc) is 2.35. The number of hydrogen-bond acceptors (Lipinski definition) is 4. The minimum atomic E-state index is -2.47. The summed E-state index contributed by atoms with van der Waals surface area (Å²) in [6.45, 7) is 8.24. The quantitative estimate of drug-likeness (QED) is 0.724. The predicted octanol–water partition coefficient (Wildman–Crippen LogP) is 1.41. The summed E-state index contributed by atoms with van der Waals surface area (Å²) in [5.74, 6) is 0. The maximum Gasteiger partial charge on any atom is 0.168 e. The lowest BCUT2D eigenvalue weighted by Crippen LogP contribution is -2.28. The molecule has 0 saturated heterocycles. The molecule has 0 aromatic heterocycles. The molecular weight excluding hydrogens is 236 g/mol. The highest BCUT2D eigenvalue weighted by Crippen LogP contribution is 2.09. The molecule has 0 amide bonds. The molecule has 96 valence electrons. The zero-order valence-electron chi connectivity index (χ0n) is 10.3.